The quantitative estimate of drug-likeness (QED) is 0.287. The molecule has 2 heterocycles. The van der Waals surface area contributed by atoms with Crippen LogP contribution in [0.25, 0.3) is 38.8 Å². The minimum atomic E-state index is -2.63. The van der Waals surface area contributed by atoms with E-state index in [9.17, 15) is 0 Å². The molecule has 28 heavy (non-hydrogen) atoms. The van der Waals surface area contributed by atoms with Gasteiger partial charge in [-0.3, -0.25) is 4.57 Å². The van der Waals surface area contributed by atoms with Crippen molar-refractivity contribution in [2.45, 2.75) is 13.7 Å². The Morgan fingerprint density at radius 3 is 2.46 bits per heavy atom. The highest BCUT2D eigenvalue weighted by Gasteiger charge is 2.17. The lowest BCUT2D eigenvalue weighted by Crippen LogP contribution is -2.03. The predicted octanol–water partition coefficient (Wildman–Crippen LogP) is 7.23. The maximum Gasteiger partial charge on any atom is 0.141 e. The van der Waals surface area contributed by atoms with Crippen LogP contribution in [0.4, 0.5) is 0 Å². The smallest absolute Gasteiger partial charge is 0.141 e. The molecule has 5 rings (SSSR count). The number of halogens is 1. The molecule has 0 saturated carbocycles. The maximum absolute atomic E-state index is 8.45. The van der Waals surface area contributed by atoms with Crippen LogP contribution >= 0.6 is 15.9 Å². The summed E-state index contributed by atoms with van der Waals surface area (Å²) in [5.74, 6) is 0.191. The van der Waals surface area contributed by atoms with E-state index in [1.54, 1.807) is 30.3 Å². The summed E-state index contributed by atoms with van der Waals surface area (Å²) in [7, 11) is 0. The Hall–Kier alpha value is -2.91. The van der Waals surface area contributed by atoms with Gasteiger partial charge in [-0.15, -0.1) is 0 Å². The molecular formula is C25H19BrN2. The lowest BCUT2D eigenvalue weighted by Gasteiger charge is -2.16. The molecular weight excluding hydrogens is 408 g/mol. The summed E-state index contributed by atoms with van der Waals surface area (Å²) in [5.41, 5.74) is 2.07. The molecule has 0 radical (unpaired) electrons. The van der Waals surface area contributed by atoms with Gasteiger partial charge in [0.1, 0.15) is 5.82 Å². The maximum atomic E-state index is 8.45. The fraction of sp³-hybridized carbons (Fsp3) is 0.0800. The Kier molecular flexibility index (Phi) is 2.79. The highest BCUT2D eigenvalue weighted by molar-refractivity contribution is 9.10. The van der Waals surface area contributed by atoms with Crippen molar-refractivity contribution in [2.75, 3.05) is 0 Å². The third-order valence-electron chi connectivity index (χ3n) is 4.97. The molecule has 0 aliphatic heterocycles. The van der Waals surface area contributed by atoms with Gasteiger partial charge < -0.3 is 0 Å². The molecule has 5 aromatic rings. The molecule has 0 N–H and O–H groups in total. The first kappa shape index (κ1) is 11.8. The standard InChI is InChI=1S/C25H19BrN2/c1-16-15-27-25(17(2)24(16)18-8-4-3-5-9-18)28-22-11-7-6-10-20(22)21-13-12-19(26)14-23(21)28/h3-15H,1-2H3/i1D3,2D3. The van der Waals surface area contributed by atoms with Gasteiger partial charge in [0.2, 0.25) is 0 Å². The molecule has 0 spiro atoms. The topological polar surface area (TPSA) is 17.8 Å². The minimum Gasteiger partial charge on any atom is -0.294 e. The van der Waals surface area contributed by atoms with Gasteiger partial charge >= 0.3 is 0 Å². The number of benzene rings is 3. The van der Waals surface area contributed by atoms with Crippen LogP contribution in [0, 0.1) is 13.7 Å². The van der Waals surface area contributed by atoms with Crippen LogP contribution in [0.15, 0.2) is 83.5 Å². The summed E-state index contributed by atoms with van der Waals surface area (Å²) >= 11 is 3.52. The van der Waals surface area contributed by atoms with E-state index in [1.807, 2.05) is 47.0 Å². The van der Waals surface area contributed by atoms with Crippen molar-refractivity contribution in [3.05, 3.63) is 94.6 Å². The molecule has 0 aliphatic rings. The largest absolute Gasteiger partial charge is 0.294 e. The van der Waals surface area contributed by atoms with Crippen molar-refractivity contribution in [1.82, 2.24) is 9.55 Å². The van der Waals surface area contributed by atoms with Gasteiger partial charge in [-0.2, -0.15) is 0 Å². The van der Waals surface area contributed by atoms with Crippen LogP contribution < -0.4 is 0 Å². The van der Waals surface area contributed by atoms with Gasteiger partial charge in [-0.1, -0.05) is 70.5 Å². The average Bonchev–Trinajstić information content (AvgIpc) is 3.10. The normalized spacial score (nSPS) is 15.5. The minimum absolute atomic E-state index is 0.0875. The lowest BCUT2D eigenvalue weighted by molar-refractivity contribution is 1.04. The third kappa shape index (κ3) is 2.58. The molecule has 0 atom stereocenters. The highest BCUT2D eigenvalue weighted by atomic mass is 79.9. The zero-order chi connectivity index (χ0) is 24.3. The van der Waals surface area contributed by atoms with Crippen molar-refractivity contribution in [3.63, 3.8) is 0 Å². The van der Waals surface area contributed by atoms with Crippen molar-refractivity contribution >= 4 is 37.7 Å². The number of hydrogen-bond donors (Lipinski definition) is 0. The van der Waals surface area contributed by atoms with E-state index in [-0.39, 0.29) is 22.5 Å². The van der Waals surface area contributed by atoms with E-state index in [2.05, 4.69) is 20.9 Å². The second-order valence-electron chi connectivity index (χ2n) is 6.63. The summed E-state index contributed by atoms with van der Waals surface area (Å²) < 4.78 is 52.3. The summed E-state index contributed by atoms with van der Waals surface area (Å²) in [4.78, 5) is 4.50. The Morgan fingerprint density at radius 2 is 1.64 bits per heavy atom. The van der Waals surface area contributed by atoms with Gasteiger partial charge in [-0.05, 0) is 48.6 Å². The van der Waals surface area contributed by atoms with E-state index in [0.29, 0.717) is 5.56 Å². The molecule has 2 aromatic heterocycles. The SMILES string of the molecule is [2H]C([2H])([2H])c1cnc(-n2c3ccccc3c3ccc(Br)cc32)c(C([2H])([2H])[2H])c1-c1ccccc1. The summed E-state index contributed by atoms with van der Waals surface area (Å²) in [6, 6.07) is 22.3. The number of para-hydroxylation sites is 1. The van der Waals surface area contributed by atoms with Crippen LogP contribution in [0.5, 0.6) is 0 Å². The Balaban J connectivity index is 2.00. The molecule has 0 saturated heterocycles. The predicted molar refractivity (Wildman–Crippen MR) is 121 cm³/mol. The monoisotopic (exact) mass is 432 g/mol. The van der Waals surface area contributed by atoms with Crippen molar-refractivity contribution in [1.29, 1.82) is 0 Å². The van der Waals surface area contributed by atoms with Crippen LogP contribution in [-0.2, 0) is 0 Å². The molecule has 3 aromatic carbocycles. The first-order valence-corrected chi connectivity index (χ1v) is 9.65. The fourth-order valence-corrected chi connectivity index (χ4v) is 4.10. The van der Waals surface area contributed by atoms with E-state index in [4.69, 9.17) is 8.22 Å². The molecule has 0 unspecified atom stereocenters. The Morgan fingerprint density at radius 1 is 0.857 bits per heavy atom. The lowest BCUT2D eigenvalue weighted by atomic mass is 9.97. The van der Waals surface area contributed by atoms with Crippen LogP contribution in [-0.4, -0.2) is 9.55 Å². The van der Waals surface area contributed by atoms with E-state index in [0.717, 1.165) is 26.3 Å². The zero-order valence-electron chi connectivity index (χ0n) is 20.8. The molecule has 0 fully saturated rings. The fourth-order valence-electron chi connectivity index (χ4n) is 3.75. The Bertz CT molecular complexity index is 1540. The number of aromatic nitrogens is 2. The van der Waals surface area contributed by atoms with Crippen LogP contribution in [0.1, 0.15) is 19.4 Å². The number of nitrogens with zero attached hydrogens (tertiary/aromatic N) is 2. The molecule has 0 bridgehead atoms. The number of pyridine rings is 1. The third-order valence-corrected chi connectivity index (χ3v) is 5.46. The molecule has 2 nitrogen and oxygen atoms in total. The first-order chi connectivity index (χ1) is 16.1. The van der Waals surface area contributed by atoms with E-state index >= 15 is 0 Å². The number of fused-ring (bicyclic) bond motifs is 3. The summed E-state index contributed by atoms with van der Waals surface area (Å²) in [5, 5.41) is 1.89. The van der Waals surface area contributed by atoms with Crippen molar-refractivity contribution < 1.29 is 8.22 Å². The average molecular weight is 433 g/mol. The number of hydrogen-bond acceptors (Lipinski definition) is 1. The second-order valence-corrected chi connectivity index (χ2v) is 7.54. The van der Waals surface area contributed by atoms with Crippen LogP contribution in [0.2, 0.25) is 0 Å². The van der Waals surface area contributed by atoms with Gasteiger partial charge in [-0.25, -0.2) is 4.98 Å². The molecule has 0 aliphatic carbocycles. The number of aryl methyl sites for hydroxylation is 1. The van der Waals surface area contributed by atoms with Gasteiger partial charge in [0.15, 0.2) is 0 Å². The van der Waals surface area contributed by atoms with Gasteiger partial charge in [0.25, 0.3) is 0 Å². The highest BCUT2D eigenvalue weighted by Crippen LogP contribution is 2.36. The molecule has 3 heteroatoms. The summed E-state index contributed by atoms with van der Waals surface area (Å²) in [6.07, 6.45) is 1.29. The van der Waals surface area contributed by atoms with E-state index < -0.39 is 13.7 Å². The Labute approximate surface area is 181 Å². The van der Waals surface area contributed by atoms with Crippen LogP contribution in [0.3, 0.4) is 0 Å². The van der Waals surface area contributed by atoms with Crippen molar-refractivity contribution in [3.8, 4) is 16.9 Å². The zero-order valence-corrected chi connectivity index (χ0v) is 16.4. The summed E-state index contributed by atoms with van der Waals surface area (Å²) in [6.45, 7) is -5.17. The van der Waals surface area contributed by atoms with E-state index in [1.165, 1.54) is 6.20 Å². The second kappa shape index (κ2) is 6.61. The van der Waals surface area contributed by atoms with Gasteiger partial charge in [0, 0.05) is 35.2 Å². The van der Waals surface area contributed by atoms with Crippen molar-refractivity contribution in [2.24, 2.45) is 0 Å². The first-order valence-electron chi connectivity index (χ1n) is 11.9. The molecule has 136 valence electrons. The molecule has 0 amide bonds. The number of rotatable bonds is 2. The van der Waals surface area contributed by atoms with Gasteiger partial charge in [0.05, 0.1) is 11.0 Å².